The number of nitrogens with zero attached hydrogens (tertiary/aromatic N) is 4. The number of rotatable bonds is 4. The monoisotopic (exact) mass is 423 g/mol. The van der Waals surface area contributed by atoms with Crippen LogP contribution < -0.4 is 22.1 Å². The maximum Gasteiger partial charge on any atom is 0.354 e. The second kappa shape index (κ2) is 8.07. The lowest BCUT2D eigenvalue weighted by molar-refractivity contribution is 0.204. The molecule has 1 aromatic heterocycles. The van der Waals surface area contributed by atoms with Crippen LogP contribution in [0.3, 0.4) is 0 Å². The topological polar surface area (TPSA) is 109 Å². The van der Waals surface area contributed by atoms with Gasteiger partial charge in [-0.05, 0) is 43.1 Å². The van der Waals surface area contributed by atoms with Gasteiger partial charge in [-0.2, -0.15) is 4.98 Å². The largest absolute Gasteiger partial charge is 0.354 e. The first-order valence-corrected chi connectivity index (χ1v) is 11.0. The maximum absolute atomic E-state index is 12.5. The van der Waals surface area contributed by atoms with E-state index in [1.165, 1.54) is 16.6 Å². The van der Waals surface area contributed by atoms with Crippen molar-refractivity contribution in [2.24, 2.45) is 11.1 Å². The molecular weight excluding hydrogens is 394 g/mol. The van der Waals surface area contributed by atoms with Crippen LogP contribution in [-0.2, 0) is 6.54 Å². The highest BCUT2D eigenvalue weighted by Crippen LogP contribution is 2.51. The van der Waals surface area contributed by atoms with Crippen molar-refractivity contribution in [3.8, 4) is 5.69 Å². The fourth-order valence-corrected chi connectivity index (χ4v) is 4.71. The number of piperazine rings is 1. The number of nitrogens with two attached hydrogens (primary N) is 1. The second-order valence-electron chi connectivity index (χ2n) is 8.93. The summed E-state index contributed by atoms with van der Waals surface area (Å²) < 4.78 is 1.48. The zero-order valence-corrected chi connectivity index (χ0v) is 17.6. The summed E-state index contributed by atoms with van der Waals surface area (Å²) in [5, 5.41) is 5.92. The van der Waals surface area contributed by atoms with Gasteiger partial charge >= 0.3 is 11.7 Å². The Labute approximate surface area is 181 Å². The van der Waals surface area contributed by atoms with Gasteiger partial charge in [0.25, 0.3) is 0 Å². The third-order valence-corrected chi connectivity index (χ3v) is 6.78. The summed E-state index contributed by atoms with van der Waals surface area (Å²) in [6, 6.07) is 9.78. The van der Waals surface area contributed by atoms with Gasteiger partial charge in [0.1, 0.15) is 5.82 Å². The molecule has 1 aliphatic carbocycles. The smallest absolute Gasteiger partial charge is 0.327 e. The zero-order chi connectivity index (χ0) is 21.4. The molecule has 1 aromatic carbocycles. The quantitative estimate of drug-likeness (QED) is 0.664. The van der Waals surface area contributed by atoms with Gasteiger partial charge in [-0.3, -0.25) is 14.8 Å². The molecule has 2 unspecified atom stereocenters. The summed E-state index contributed by atoms with van der Waals surface area (Å²) >= 11 is 0. The average Bonchev–Trinajstić information content (AvgIpc) is 3.22. The van der Waals surface area contributed by atoms with Gasteiger partial charge in [0.15, 0.2) is 0 Å². The van der Waals surface area contributed by atoms with E-state index < -0.39 is 5.69 Å². The van der Waals surface area contributed by atoms with Gasteiger partial charge < -0.3 is 16.0 Å². The van der Waals surface area contributed by atoms with E-state index in [4.69, 9.17) is 5.73 Å². The van der Waals surface area contributed by atoms with E-state index in [0.29, 0.717) is 24.5 Å². The Morgan fingerprint density at radius 1 is 1.19 bits per heavy atom. The first-order chi connectivity index (χ1) is 15.0. The summed E-state index contributed by atoms with van der Waals surface area (Å²) in [7, 11) is 0. The van der Waals surface area contributed by atoms with Crippen LogP contribution in [0.15, 0.2) is 41.3 Å². The van der Waals surface area contributed by atoms with Crippen LogP contribution >= 0.6 is 0 Å². The van der Waals surface area contributed by atoms with Gasteiger partial charge in [0.2, 0.25) is 0 Å². The van der Waals surface area contributed by atoms with Gasteiger partial charge in [-0.15, -0.1) is 0 Å². The van der Waals surface area contributed by atoms with Crippen molar-refractivity contribution >= 4 is 11.8 Å². The van der Waals surface area contributed by atoms with Crippen molar-refractivity contribution in [2.45, 2.75) is 25.4 Å². The Hall–Kier alpha value is -2.75. The molecule has 3 aliphatic rings. The number of hydrogen-bond acceptors (Lipinski definition) is 6. The van der Waals surface area contributed by atoms with Crippen LogP contribution in [0.4, 0.5) is 10.6 Å². The van der Waals surface area contributed by atoms with Crippen LogP contribution in [0.5, 0.6) is 0 Å². The van der Waals surface area contributed by atoms with Gasteiger partial charge in [-0.25, -0.2) is 9.59 Å². The van der Waals surface area contributed by atoms with Crippen molar-refractivity contribution in [3.63, 3.8) is 0 Å². The van der Waals surface area contributed by atoms with Gasteiger partial charge in [-0.1, -0.05) is 12.1 Å². The molecule has 2 atom stereocenters. The van der Waals surface area contributed by atoms with E-state index >= 15 is 0 Å². The summed E-state index contributed by atoms with van der Waals surface area (Å²) in [5.41, 5.74) is 8.02. The molecule has 2 aromatic rings. The fourth-order valence-electron chi connectivity index (χ4n) is 4.71. The lowest BCUT2D eigenvalue weighted by Gasteiger charge is -2.27. The van der Waals surface area contributed by atoms with Crippen LogP contribution in [0.2, 0.25) is 0 Å². The van der Waals surface area contributed by atoms with Gasteiger partial charge in [0, 0.05) is 56.9 Å². The van der Waals surface area contributed by atoms with E-state index in [-0.39, 0.29) is 11.8 Å². The molecule has 1 saturated carbocycles. The van der Waals surface area contributed by atoms with E-state index in [1.54, 1.807) is 17.2 Å². The van der Waals surface area contributed by atoms with Crippen molar-refractivity contribution in [1.29, 1.82) is 0 Å². The highest BCUT2D eigenvalue weighted by molar-refractivity contribution is 5.88. The van der Waals surface area contributed by atoms with Gasteiger partial charge in [0.05, 0.1) is 5.69 Å². The van der Waals surface area contributed by atoms with Crippen molar-refractivity contribution in [1.82, 2.24) is 24.7 Å². The minimum absolute atomic E-state index is 0.230. The molecule has 0 radical (unpaired) electrons. The summed E-state index contributed by atoms with van der Waals surface area (Å²) in [4.78, 5) is 33.0. The molecule has 9 heteroatoms. The molecule has 2 aliphatic heterocycles. The molecule has 5 rings (SSSR count). The predicted molar refractivity (Wildman–Crippen MR) is 118 cm³/mol. The van der Waals surface area contributed by atoms with Crippen LogP contribution in [0.25, 0.3) is 5.69 Å². The Morgan fingerprint density at radius 3 is 2.58 bits per heavy atom. The minimum Gasteiger partial charge on any atom is -0.327 e. The van der Waals surface area contributed by atoms with E-state index in [1.807, 2.05) is 12.1 Å². The molecule has 1 spiro atoms. The highest BCUT2D eigenvalue weighted by Gasteiger charge is 2.55. The SMILES string of the molecule is NC1CC12CCN(Cc1ccc(-n3ccc(NC(=O)N4CCNCC4)nc3=O)cc1)C2. The Bertz CT molecular complexity index is 1020. The normalized spacial score (nSPS) is 25.7. The molecule has 0 bridgehead atoms. The maximum atomic E-state index is 12.5. The third-order valence-electron chi connectivity index (χ3n) is 6.78. The summed E-state index contributed by atoms with van der Waals surface area (Å²) in [6.07, 6.45) is 4.01. The number of nitrogens with one attached hydrogen (secondary N) is 2. The lowest BCUT2D eigenvalue weighted by Crippen LogP contribution is -2.48. The first kappa shape index (κ1) is 20.2. The van der Waals surface area contributed by atoms with E-state index in [0.717, 1.165) is 44.8 Å². The number of likely N-dealkylation sites (tertiary alicyclic amines) is 1. The van der Waals surface area contributed by atoms with Crippen molar-refractivity contribution in [2.75, 3.05) is 44.6 Å². The van der Waals surface area contributed by atoms with Crippen LogP contribution in [0, 0.1) is 5.41 Å². The fraction of sp³-hybridized carbons (Fsp3) is 0.500. The lowest BCUT2D eigenvalue weighted by atomic mass is 10.1. The van der Waals surface area contributed by atoms with E-state index in [2.05, 4.69) is 32.7 Å². The number of amides is 2. The molecule has 9 nitrogen and oxygen atoms in total. The minimum atomic E-state index is -0.421. The summed E-state index contributed by atoms with van der Waals surface area (Å²) in [5.74, 6) is 0.266. The molecule has 31 heavy (non-hydrogen) atoms. The Kier molecular flexibility index (Phi) is 5.25. The standard InChI is InChI=1S/C22H29N7O2/c23-18-13-22(18)6-10-27(15-22)14-16-1-3-17(4-2-16)29-9-5-19(26-21(29)31)25-20(30)28-11-7-24-8-12-28/h1-5,9,18,24H,6-8,10-15,23H2,(H,25,26,30,31). The van der Waals surface area contributed by atoms with Crippen LogP contribution in [0.1, 0.15) is 18.4 Å². The number of carbonyl (C=O) groups excluding carboxylic acids is 1. The zero-order valence-electron chi connectivity index (χ0n) is 17.6. The third kappa shape index (κ3) is 4.21. The number of aromatic nitrogens is 2. The predicted octanol–water partition coefficient (Wildman–Crippen LogP) is 0.593. The molecule has 164 valence electrons. The Morgan fingerprint density at radius 2 is 1.94 bits per heavy atom. The number of hydrogen-bond donors (Lipinski definition) is 3. The van der Waals surface area contributed by atoms with E-state index in [9.17, 15) is 9.59 Å². The molecule has 2 amide bonds. The Balaban J connectivity index is 1.22. The molecule has 4 N–H and O–H groups in total. The molecule has 3 fully saturated rings. The van der Waals surface area contributed by atoms with Crippen LogP contribution in [-0.4, -0.2) is 70.7 Å². The number of anilines is 1. The number of urea groups is 1. The molecule has 2 saturated heterocycles. The first-order valence-electron chi connectivity index (χ1n) is 11.0. The molecule has 3 heterocycles. The average molecular weight is 424 g/mol. The van der Waals surface area contributed by atoms with Crippen molar-refractivity contribution in [3.05, 3.63) is 52.6 Å². The summed E-state index contributed by atoms with van der Waals surface area (Å²) in [6.45, 7) is 5.90. The highest BCUT2D eigenvalue weighted by atomic mass is 16.2. The second-order valence-corrected chi connectivity index (χ2v) is 8.93. The number of benzene rings is 1. The molecular formula is C22H29N7O2. The van der Waals surface area contributed by atoms with Crippen molar-refractivity contribution < 1.29 is 4.79 Å². The number of carbonyl (C=O) groups is 1.